The topological polar surface area (TPSA) is 48.4 Å². The fraction of sp³-hybridized carbons (Fsp3) is 0.200. The van der Waals surface area contributed by atoms with E-state index in [0.29, 0.717) is 15.5 Å². The van der Waals surface area contributed by atoms with Crippen LogP contribution in [0.15, 0.2) is 30.7 Å². The number of methoxy groups -OCH3 is 2. The van der Waals surface area contributed by atoms with Crippen LogP contribution in [0.3, 0.4) is 0 Å². The van der Waals surface area contributed by atoms with Crippen molar-refractivity contribution in [1.82, 2.24) is 4.98 Å². The minimum atomic E-state index is -0.458. The summed E-state index contributed by atoms with van der Waals surface area (Å²) >= 11 is 7.35. The van der Waals surface area contributed by atoms with Gasteiger partial charge in [-0.3, -0.25) is 0 Å². The van der Waals surface area contributed by atoms with Gasteiger partial charge in [0.25, 0.3) is 0 Å². The van der Waals surface area contributed by atoms with Gasteiger partial charge in [0, 0.05) is 16.8 Å². The summed E-state index contributed by atoms with van der Waals surface area (Å²) in [6, 6.07) is 5.61. The number of aryl methyl sites for hydroxylation is 1. The second-order valence-electron chi connectivity index (χ2n) is 4.25. The summed E-state index contributed by atoms with van der Waals surface area (Å²) < 4.78 is 9.68. The van der Waals surface area contributed by atoms with Crippen LogP contribution < -0.4 is 0 Å². The maximum Gasteiger partial charge on any atom is 0.342 e. The molecule has 4 nitrogen and oxygen atoms in total. The summed E-state index contributed by atoms with van der Waals surface area (Å²) in [6.45, 7) is 1.97. The van der Waals surface area contributed by atoms with Crippen LogP contribution in [0.25, 0.3) is 16.1 Å². The van der Waals surface area contributed by atoms with E-state index >= 15 is 0 Å². The van der Waals surface area contributed by atoms with Gasteiger partial charge in [-0.1, -0.05) is 17.7 Å². The SMILES string of the molecule is COC=C(C(=O)OC)c1cnc(-c2ccc(Cl)cc2C)s1. The third kappa shape index (κ3) is 3.43. The molecule has 110 valence electrons. The zero-order valence-corrected chi connectivity index (χ0v) is 13.4. The van der Waals surface area contributed by atoms with Crippen LogP contribution in [0.5, 0.6) is 0 Å². The van der Waals surface area contributed by atoms with E-state index in [-0.39, 0.29) is 0 Å². The first-order valence-electron chi connectivity index (χ1n) is 6.10. The van der Waals surface area contributed by atoms with Crippen LogP contribution in [-0.4, -0.2) is 25.2 Å². The highest BCUT2D eigenvalue weighted by Gasteiger charge is 2.17. The van der Waals surface area contributed by atoms with Crippen molar-refractivity contribution >= 4 is 34.5 Å². The van der Waals surface area contributed by atoms with E-state index in [0.717, 1.165) is 16.1 Å². The summed E-state index contributed by atoms with van der Waals surface area (Å²) in [6.07, 6.45) is 2.99. The predicted molar refractivity (Wildman–Crippen MR) is 84.3 cm³/mol. The molecule has 1 aromatic carbocycles. The van der Waals surface area contributed by atoms with E-state index < -0.39 is 5.97 Å². The molecular weight excluding hydrogens is 310 g/mol. The van der Waals surface area contributed by atoms with Crippen molar-refractivity contribution in [2.75, 3.05) is 14.2 Å². The molecule has 6 heteroatoms. The van der Waals surface area contributed by atoms with Crippen molar-refractivity contribution in [1.29, 1.82) is 0 Å². The number of nitrogens with zero attached hydrogens (tertiary/aromatic N) is 1. The highest BCUT2D eigenvalue weighted by molar-refractivity contribution is 7.16. The molecule has 0 unspecified atom stereocenters. The van der Waals surface area contributed by atoms with Crippen LogP contribution in [0.4, 0.5) is 0 Å². The van der Waals surface area contributed by atoms with Crippen molar-refractivity contribution in [2.24, 2.45) is 0 Å². The number of ether oxygens (including phenoxy) is 2. The molecule has 21 heavy (non-hydrogen) atoms. The lowest BCUT2D eigenvalue weighted by Gasteiger charge is -2.03. The molecule has 0 aliphatic rings. The lowest BCUT2D eigenvalue weighted by Crippen LogP contribution is -2.02. The fourth-order valence-electron chi connectivity index (χ4n) is 1.82. The van der Waals surface area contributed by atoms with Crippen molar-refractivity contribution in [3.8, 4) is 10.6 Å². The zero-order chi connectivity index (χ0) is 15.4. The van der Waals surface area contributed by atoms with Crippen LogP contribution in [0.2, 0.25) is 5.02 Å². The van der Waals surface area contributed by atoms with E-state index in [2.05, 4.69) is 4.98 Å². The van der Waals surface area contributed by atoms with Crippen LogP contribution >= 0.6 is 22.9 Å². The number of aromatic nitrogens is 1. The van der Waals surface area contributed by atoms with Crippen molar-refractivity contribution in [3.63, 3.8) is 0 Å². The summed E-state index contributed by atoms with van der Waals surface area (Å²) in [5, 5.41) is 1.49. The smallest absolute Gasteiger partial charge is 0.342 e. The molecule has 0 fully saturated rings. The molecule has 1 aromatic heterocycles. The van der Waals surface area contributed by atoms with Gasteiger partial charge in [-0.2, -0.15) is 0 Å². The number of esters is 1. The number of halogens is 1. The van der Waals surface area contributed by atoms with Gasteiger partial charge in [-0.25, -0.2) is 9.78 Å². The van der Waals surface area contributed by atoms with E-state index in [4.69, 9.17) is 21.1 Å². The molecule has 0 amide bonds. The van der Waals surface area contributed by atoms with Crippen molar-refractivity contribution in [3.05, 3.63) is 46.1 Å². The van der Waals surface area contributed by atoms with Gasteiger partial charge in [0.15, 0.2) is 0 Å². The monoisotopic (exact) mass is 323 g/mol. The maximum atomic E-state index is 11.8. The minimum absolute atomic E-state index is 0.343. The number of carbonyl (C=O) groups is 1. The number of hydrogen-bond donors (Lipinski definition) is 0. The Bertz CT molecular complexity index is 694. The standard InChI is InChI=1S/C15H14ClNO3S/c1-9-6-10(16)4-5-11(9)14-17-7-13(21-14)12(8-19-2)15(18)20-3/h4-8H,1-3H3. The van der Waals surface area contributed by atoms with Crippen LogP contribution in [0, 0.1) is 6.92 Å². The second kappa shape index (κ2) is 6.74. The number of carbonyl (C=O) groups excluding carboxylic acids is 1. The third-order valence-corrected chi connectivity index (χ3v) is 4.13. The largest absolute Gasteiger partial charge is 0.503 e. The summed E-state index contributed by atoms with van der Waals surface area (Å²) in [5.74, 6) is -0.458. The summed E-state index contributed by atoms with van der Waals surface area (Å²) in [5.41, 5.74) is 2.35. The molecule has 2 aromatic rings. The fourth-order valence-corrected chi connectivity index (χ4v) is 3.05. The van der Waals surface area contributed by atoms with Gasteiger partial charge < -0.3 is 9.47 Å². The maximum absolute atomic E-state index is 11.8. The average Bonchev–Trinajstić information content (AvgIpc) is 2.93. The molecular formula is C15H14ClNO3S. The van der Waals surface area contributed by atoms with E-state index in [1.54, 1.807) is 6.20 Å². The van der Waals surface area contributed by atoms with Gasteiger partial charge in [0.2, 0.25) is 0 Å². The first kappa shape index (κ1) is 15.5. The second-order valence-corrected chi connectivity index (χ2v) is 5.71. The summed E-state index contributed by atoms with van der Waals surface area (Å²) in [4.78, 5) is 16.8. The quantitative estimate of drug-likeness (QED) is 0.486. The highest BCUT2D eigenvalue weighted by Crippen LogP contribution is 2.32. The Labute approximate surface area is 132 Å². The zero-order valence-electron chi connectivity index (χ0n) is 11.8. The Morgan fingerprint density at radius 2 is 2.14 bits per heavy atom. The number of rotatable bonds is 4. The number of thiazole rings is 1. The van der Waals surface area contributed by atoms with Gasteiger partial charge in [-0.15, -0.1) is 11.3 Å². The molecule has 0 saturated carbocycles. The minimum Gasteiger partial charge on any atom is -0.503 e. The highest BCUT2D eigenvalue weighted by atomic mass is 35.5. The molecule has 0 N–H and O–H groups in total. The lowest BCUT2D eigenvalue weighted by molar-refractivity contribution is -0.133. The molecule has 0 saturated heterocycles. The average molecular weight is 324 g/mol. The Hall–Kier alpha value is -1.85. The Balaban J connectivity index is 2.41. The van der Waals surface area contributed by atoms with Crippen LogP contribution in [0.1, 0.15) is 10.4 Å². The normalized spacial score (nSPS) is 11.3. The lowest BCUT2D eigenvalue weighted by atomic mass is 10.1. The third-order valence-electron chi connectivity index (χ3n) is 2.83. The number of hydrogen-bond acceptors (Lipinski definition) is 5. The molecule has 0 aliphatic carbocycles. The van der Waals surface area contributed by atoms with Gasteiger partial charge in [-0.05, 0) is 24.6 Å². The molecule has 2 rings (SSSR count). The molecule has 0 bridgehead atoms. The van der Waals surface area contributed by atoms with Crippen LogP contribution in [-0.2, 0) is 14.3 Å². The molecule has 0 radical (unpaired) electrons. The Kier molecular flexibility index (Phi) is 4.98. The molecule has 1 heterocycles. The first-order chi connectivity index (χ1) is 10.1. The van der Waals surface area contributed by atoms with Crippen molar-refractivity contribution in [2.45, 2.75) is 6.92 Å². The molecule has 0 aliphatic heterocycles. The molecule has 0 atom stereocenters. The molecule has 0 spiro atoms. The van der Waals surface area contributed by atoms with Crippen molar-refractivity contribution < 1.29 is 14.3 Å². The van der Waals surface area contributed by atoms with E-state index in [1.807, 2.05) is 25.1 Å². The number of benzene rings is 1. The predicted octanol–water partition coefficient (Wildman–Crippen LogP) is 3.93. The van der Waals surface area contributed by atoms with Gasteiger partial charge >= 0.3 is 5.97 Å². The summed E-state index contributed by atoms with van der Waals surface area (Å²) in [7, 11) is 2.81. The Morgan fingerprint density at radius 3 is 2.76 bits per heavy atom. The first-order valence-corrected chi connectivity index (χ1v) is 7.30. The van der Waals surface area contributed by atoms with E-state index in [1.165, 1.54) is 31.8 Å². The van der Waals surface area contributed by atoms with Gasteiger partial charge in [0.1, 0.15) is 10.6 Å². The Morgan fingerprint density at radius 1 is 1.38 bits per heavy atom. The van der Waals surface area contributed by atoms with Gasteiger partial charge in [0.05, 0.1) is 25.4 Å². The van der Waals surface area contributed by atoms with E-state index in [9.17, 15) is 4.79 Å².